The van der Waals surface area contributed by atoms with Crippen molar-refractivity contribution in [2.24, 2.45) is 0 Å². The van der Waals surface area contributed by atoms with Gasteiger partial charge in [-0.15, -0.1) is 0 Å². The third-order valence-electron chi connectivity index (χ3n) is 4.66. The van der Waals surface area contributed by atoms with Crippen LogP contribution >= 0.6 is 15.9 Å². The lowest BCUT2D eigenvalue weighted by molar-refractivity contribution is -0.152. The number of nitrogens with one attached hydrogen (secondary N) is 1. The molecule has 2 fully saturated rings. The van der Waals surface area contributed by atoms with Gasteiger partial charge in [-0.3, -0.25) is 9.59 Å². The average Bonchev–Trinajstić information content (AvgIpc) is 3.10. The topological polar surface area (TPSA) is 61.9 Å². The number of rotatable bonds is 2. The Morgan fingerprint density at radius 2 is 1.96 bits per heavy atom. The molecule has 1 atom stereocenters. The molecule has 2 amide bonds. The van der Waals surface area contributed by atoms with Crippen molar-refractivity contribution >= 4 is 27.7 Å². The van der Waals surface area contributed by atoms with Crippen molar-refractivity contribution in [2.75, 3.05) is 39.8 Å². The number of ether oxygens (including phenoxy) is 1. The first-order valence-electron chi connectivity index (χ1n) is 8.26. The Labute approximate surface area is 150 Å². The van der Waals surface area contributed by atoms with Crippen LogP contribution in [0.2, 0.25) is 0 Å². The highest BCUT2D eigenvalue weighted by Gasteiger charge is 2.36. The van der Waals surface area contributed by atoms with Crippen molar-refractivity contribution in [1.29, 1.82) is 0 Å². The highest BCUT2D eigenvalue weighted by molar-refractivity contribution is 9.10. The van der Waals surface area contributed by atoms with Crippen LogP contribution in [0.15, 0.2) is 22.7 Å². The molecule has 2 aliphatic heterocycles. The summed E-state index contributed by atoms with van der Waals surface area (Å²) in [7, 11) is 1.62. The summed E-state index contributed by atoms with van der Waals surface area (Å²) in [4.78, 5) is 28.6. The predicted octanol–water partition coefficient (Wildman–Crippen LogP) is 1.55. The van der Waals surface area contributed by atoms with Crippen LogP contribution in [-0.4, -0.2) is 61.4 Å². The summed E-state index contributed by atoms with van der Waals surface area (Å²) in [5, 5.41) is 3.19. The lowest BCUT2D eigenvalue weighted by atomic mass is 10.0. The van der Waals surface area contributed by atoms with Gasteiger partial charge in [0.05, 0.1) is 13.2 Å². The van der Waals surface area contributed by atoms with Crippen LogP contribution in [0.4, 0.5) is 0 Å². The number of halogens is 1. The number of methoxy groups -OCH3 is 1. The molecule has 3 rings (SSSR count). The van der Waals surface area contributed by atoms with E-state index in [2.05, 4.69) is 21.2 Å². The minimum Gasteiger partial charge on any atom is -0.496 e. The Bertz CT molecular complexity index is 632. The monoisotopic (exact) mass is 395 g/mol. The van der Waals surface area contributed by atoms with Gasteiger partial charge < -0.3 is 19.9 Å². The Morgan fingerprint density at radius 3 is 2.67 bits per heavy atom. The SMILES string of the molecule is COc1cc(Br)ccc1C1CCCN1C(=O)C(=O)N1CCNCC1. The van der Waals surface area contributed by atoms with Crippen molar-refractivity contribution in [1.82, 2.24) is 15.1 Å². The van der Waals surface area contributed by atoms with Crippen LogP contribution in [0.3, 0.4) is 0 Å². The Hall–Kier alpha value is -1.60. The molecule has 130 valence electrons. The second-order valence-electron chi connectivity index (χ2n) is 6.09. The molecule has 0 aliphatic carbocycles. The molecule has 7 heteroatoms. The molecular formula is C17H22BrN3O3. The highest BCUT2D eigenvalue weighted by Crippen LogP contribution is 2.38. The van der Waals surface area contributed by atoms with E-state index in [-0.39, 0.29) is 11.9 Å². The summed E-state index contributed by atoms with van der Waals surface area (Å²) in [5.41, 5.74) is 0.958. The maximum atomic E-state index is 12.8. The summed E-state index contributed by atoms with van der Waals surface area (Å²) in [6.45, 7) is 3.27. The zero-order valence-electron chi connectivity index (χ0n) is 13.8. The van der Waals surface area contributed by atoms with E-state index in [0.717, 1.165) is 41.7 Å². The van der Waals surface area contributed by atoms with Crippen molar-refractivity contribution < 1.29 is 14.3 Å². The number of carbonyl (C=O) groups excluding carboxylic acids is 2. The van der Waals surface area contributed by atoms with Crippen molar-refractivity contribution in [3.63, 3.8) is 0 Å². The molecular weight excluding hydrogens is 374 g/mol. The van der Waals surface area contributed by atoms with Gasteiger partial charge in [0.1, 0.15) is 5.75 Å². The number of amides is 2. The largest absolute Gasteiger partial charge is 0.496 e. The molecule has 2 saturated heterocycles. The third-order valence-corrected chi connectivity index (χ3v) is 5.15. The molecule has 0 spiro atoms. The summed E-state index contributed by atoms with van der Waals surface area (Å²) in [6.07, 6.45) is 1.74. The van der Waals surface area contributed by atoms with Crippen LogP contribution < -0.4 is 10.1 Å². The molecule has 0 aromatic heterocycles. The van der Waals surface area contributed by atoms with Gasteiger partial charge in [-0.25, -0.2) is 0 Å². The van der Waals surface area contributed by atoms with Gasteiger partial charge in [0.15, 0.2) is 0 Å². The predicted molar refractivity (Wildman–Crippen MR) is 93.8 cm³/mol. The van der Waals surface area contributed by atoms with Gasteiger partial charge in [0, 0.05) is 42.8 Å². The Balaban J connectivity index is 1.80. The number of hydrogen-bond donors (Lipinski definition) is 1. The minimum atomic E-state index is -0.399. The van der Waals surface area contributed by atoms with Gasteiger partial charge in [-0.05, 0) is 25.0 Å². The number of nitrogens with zero attached hydrogens (tertiary/aromatic N) is 2. The number of hydrogen-bond acceptors (Lipinski definition) is 4. The fraction of sp³-hybridized carbons (Fsp3) is 0.529. The normalized spacial score (nSPS) is 21.0. The lowest BCUT2D eigenvalue weighted by Gasteiger charge is -2.31. The van der Waals surface area contributed by atoms with E-state index < -0.39 is 5.91 Å². The second kappa shape index (κ2) is 7.53. The van der Waals surface area contributed by atoms with E-state index in [4.69, 9.17) is 4.74 Å². The summed E-state index contributed by atoms with van der Waals surface area (Å²) < 4.78 is 6.40. The van der Waals surface area contributed by atoms with Crippen LogP contribution in [0.5, 0.6) is 5.75 Å². The van der Waals surface area contributed by atoms with Gasteiger partial charge in [-0.1, -0.05) is 22.0 Å². The molecule has 1 N–H and O–H groups in total. The third kappa shape index (κ3) is 3.42. The van der Waals surface area contributed by atoms with E-state index in [1.165, 1.54) is 0 Å². The molecule has 0 radical (unpaired) electrons. The molecule has 1 unspecified atom stereocenters. The second-order valence-corrected chi connectivity index (χ2v) is 7.00. The van der Waals surface area contributed by atoms with Crippen molar-refractivity contribution in [3.05, 3.63) is 28.2 Å². The molecule has 1 aromatic rings. The van der Waals surface area contributed by atoms with E-state index in [1.54, 1.807) is 16.9 Å². The van der Waals surface area contributed by atoms with Crippen LogP contribution in [-0.2, 0) is 9.59 Å². The number of likely N-dealkylation sites (tertiary alicyclic amines) is 1. The number of piperazine rings is 1. The summed E-state index contributed by atoms with van der Waals surface area (Å²) in [6, 6.07) is 5.70. The van der Waals surface area contributed by atoms with Crippen LogP contribution in [0, 0.1) is 0 Å². The quantitative estimate of drug-likeness (QED) is 0.771. The molecule has 6 nitrogen and oxygen atoms in total. The molecule has 1 aromatic carbocycles. The first-order valence-corrected chi connectivity index (χ1v) is 9.05. The Morgan fingerprint density at radius 1 is 1.21 bits per heavy atom. The van der Waals surface area contributed by atoms with Crippen LogP contribution in [0.25, 0.3) is 0 Å². The van der Waals surface area contributed by atoms with Crippen LogP contribution in [0.1, 0.15) is 24.4 Å². The van der Waals surface area contributed by atoms with Gasteiger partial charge in [0.2, 0.25) is 0 Å². The molecule has 2 aliphatic rings. The first-order chi connectivity index (χ1) is 11.6. The first kappa shape index (κ1) is 17.2. The fourth-order valence-corrected chi connectivity index (χ4v) is 3.76. The van der Waals surface area contributed by atoms with E-state index in [0.29, 0.717) is 19.6 Å². The molecule has 0 saturated carbocycles. The zero-order valence-corrected chi connectivity index (χ0v) is 15.3. The van der Waals surface area contributed by atoms with Gasteiger partial charge >= 0.3 is 11.8 Å². The van der Waals surface area contributed by atoms with Crippen molar-refractivity contribution in [2.45, 2.75) is 18.9 Å². The molecule has 2 heterocycles. The van der Waals surface area contributed by atoms with E-state index >= 15 is 0 Å². The smallest absolute Gasteiger partial charge is 0.312 e. The standard InChI is InChI=1S/C17H22BrN3O3/c1-24-15-11-12(18)4-5-13(15)14-3-2-8-21(14)17(23)16(22)20-9-6-19-7-10-20/h4-5,11,14,19H,2-3,6-10H2,1H3. The zero-order chi connectivity index (χ0) is 17.1. The number of carbonyl (C=O) groups is 2. The average molecular weight is 396 g/mol. The molecule has 0 bridgehead atoms. The maximum Gasteiger partial charge on any atom is 0.312 e. The maximum absolute atomic E-state index is 12.8. The fourth-order valence-electron chi connectivity index (χ4n) is 3.42. The number of benzene rings is 1. The lowest BCUT2D eigenvalue weighted by Crippen LogP contribution is -2.52. The van der Waals surface area contributed by atoms with Gasteiger partial charge in [0.25, 0.3) is 0 Å². The summed E-state index contributed by atoms with van der Waals surface area (Å²) in [5.74, 6) is -0.0486. The minimum absolute atomic E-state index is 0.104. The van der Waals surface area contributed by atoms with E-state index in [9.17, 15) is 9.59 Å². The highest BCUT2D eigenvalue weighted by atomic mass is 79.9. The Kier molecular flexibility index (Phi) is 5.40. The summed E-state index contributed by atoms with van der Waals surface area (Å²) >= 11 is 3.44. The van der Waals surface area contributed by atoms with E-state index in [1.807, 2.05) is 18.2 Å². The van der Waals surface area contributed by atoms with Gasteiger partial charge in [-0.2, -0.15) is 0 Å². The molecule has 24 heavy (non-hydrogen) atoms. The van der Waals surface area contributed by atoms with Crippen molar-refractivity contribution in [3.8, 4) is 5.75 Å².